The average Bonchev–Trinajstić information content (AvgIpc) is 2.80. The Bertz CT molecular complexity index is 590. The van der Waals surface area contributed by atoms with E-state index in [0.717, 1.165) is 0 Å². The fourth-order valence-corrected chi connectivity index (χ4v) is 2.32. The maximum Gasteiger partial charge on any atom is 0.312 e. The van der Waals surface area contributed by atoms with Crippen molar-refractivity contribution >= 4 is 17.4 Å². The van der Waals surface area contributed by atoms with Crippen LogP contribution in [0.3, 0.4) is 0 Å². The predicted molar refractivity (Wildman–Crippen MR) is 64.4 cm³/mol. The van der Waals surface area contributed by atoms with E-state index >= 15 is 0 Å². The van der Waals surface area contributed by atoms with Crippen molar-refractivity contribution in [1.29, 1.82) is 0 Å². The number of aromatic nitrogens is 5. The van der Waals surface area contributed by atoms with Gasteiger partial charge in [-0.2, -0.15) is 5.10 Å². The maximum absolute atomic E-state index is 10.8. The second-order valence-electron chi connectivity index (χ2n) is 3.57. The second kappa shape index (κ2) is 4.64. The summed E-state index contributed by atoms with van der Waals surface area (Å²) in [6.45, 7) is 3.27. The number of nitrogens with two attached hydrogens (primary N) is 1. The molecule has 0 saturated heterocycles. The van der Waals surface area contributed by atoms with Crippen LogP contribution >= 0.6 is 11.8 Å². The highest BCUT2D eigenvalue weighted by molar-refractivity contribution is 7.98. The van der Waals surface area contributed by atoms with E-state index in [9.17, 15) is 10.1 Å². The van der Waals surface area contributed by atoms with Crippen molar-refractivity contribution in [1.82, 2.24) is 24.7 Å². The van der Waals surface area contributed by atoms with Crippen LogP contribution < -0.4 is 5.84 Å². The van der Waals surface area contributed by atoms with Crippen molar-refractivity contribution in [3.05, 3.63) is 27.8 Å². The number of thioether (sulfide) groups is 1. The highest BCUT2D eigenvalue weighted by atomic mass is 32.2. The Kier molecular flexibility index (Phi) is 3.19. The third-order valence-corrected chi connectivity index (χ3v) is 3.31. The van der Waals surface area contributed by atoms with Crippen LogP contribution in [-0.2, 0) is 5.88 Å². The van der Waals surface area contributed by atoms with E-state index in [-0.39, 0.29) is 5.69 Å². The van der Waals surface area contributed by atoms with Crippen LogP contribution in [0.4, 0.5) is 5.69 Å². The van der Waals surface area contributed by atoms with Gasteiger partial charge in [0.1, 0.15) is 17.7 Å². The maximum atomic E-state index is 10.8. The summed E-state index contributed by atoms with van der Waals surface area (Å²) in [5, 5.41) is 22.9. The van der Waals surface area contributed by atoms with Crippen molar-refractivity contribution in [2.45, 2.75) is 24.9 Å². The zero-order chi connectivity index (χ0) is 13.3. The summed E-state index contributed by atoms with van der Waals surface area (Å²) in [7, 11) is 0. The SMILES string of the molecule is Cc1nn(CSc2nncn2N)c(C)c1[N+](=O)[O-]. The first-order valence-corrected chi connectivity index (χ1v) is 5.95. The van der Waals surface area contributed by atoms with Crippen LogP contribution in [0.2, 0.25) is 0 Å². The van der Waals surface area contributed by atoms with Crippen molar-refractivity contribution in [3.63, 3.8) is 0 Å². The molecule has 0 aliphatic carbocycles. The van der Waals surface area contributed by atoms with Gasteiger partial charge in [-0.05, 0) is 13.8 Å². The molecule has 96 valence electrons. The minimum atomic E-state index is -0.426. The van der Waals surface area contributed by atoms with Gasteiger partial charge in [-0.15, -0.1) is 10.2 Å². The summed E-state index contributed by atoms with van der Waals surface area (Å²) in [5.74, 6) is 5.94. The molecule has 9 nitrogen and oxygen atoms in total. The van der Waals surface area contributed by atoms with Crippen LogP contribution in [0, 0.1) is 24.0 Å². The van der Waals surface area contributed by atoms with Crippen LogP contribution in [0.25, 0.3) is 0 Å². The Morgan fingerprint density at radius 2 is 2.28 bits per heavy atom. The van der Waals surface area contributed by atoms with E-state index in [1.165, 1.54) is 22.8 Å². The van der Waals surface area contributed by atoms with Gasteiger partial charge in [0, 0.05) is 0 Å². The molecule has 18 heavy (non-hydrogen) atoms. The molecule has 0 unspecified atom stereocenters. The van der Waals surface area contributed by atoms with Crippen LogP contribution in [-0.4, -0.2) is 29.6 Å². The van der Waals surface area contributed by atoms with Crippen LogP contribution in [0.1, 0.15) is 11.4 Å². The fraction of sp³-hybridized carbons (Fsp3) is 0.375. The van der Waals surface area contributed by atoms with Gasteiger partial charge in [-0.1, -0.05) is 11.8 Å². The summed E-state index contributed by atoms with van der Waals surface area (Å²) in [5.41, 5.74) is 0.949. The van der Waals surface area contributed by atoms with Crippen LogP contribution in [0.15, 0.2) is 11.5 Å². The van der Waals surface area contributed by atoms with Gasteiger partial charge in [0.25, 0.3) is 0 Å². The Hall–Kier alpha value is -2.10. The Balaban J connectivity index is 2.18. The number of rotatable bonds is 4. The standard InChI is InChI=1S/C8H11N7O2S/c1-5-7(15(16)17)6(2)14(12-5)4-18-8-11-10-3-13(8)9/h3H,4,9H2,1-2H3. The molecule has 2 aromatic rings. The van der Waals surface area contributed by atoms with E-state index in [1.807, 2.05) is 0 Å². The molecule has 2 aromatic heterocycles. The average molecular weight is 269 g/mol. The van der Waals surface area contributed by atoms with Gasteiger partial charge >= 0.3 is 5.69 Å². The molecule has 0 spiro atoms. The van der Waals surface area contributed by atoms with Gasteiger partial charge in [0.2, 0.25) is 5.16 Å². The predicted octanol–water partition coefficient (Wildman–Crippen LogP) is 0.463. The molecule has 0 amide bonds. The molecule has 10 heteroatoms. The molecule has 0 aliphatic heterocycles. The highest BCUT2D eigenvalue weighted by Crippen LogP contribution is 2.24. The normalized spacial score (nSPS) is 10.8. The number of nitrogens with zero attached hydrogens (tertiary/aromatic N) is 6. The van der Waals surface area contributed by atoms with Crippen molar-refractivity contribution in [2.75, 3.05) is 5.84 Å². The van der Waals surface area contributed by atoms with Gasteiger partial charge in [0.15, 0.2) is 0 Å². The zero-order valence-electron chi connectivity index (χ0n) is 9.77. The molecular formula is C8H11N7O2S. The Morgan fingerprint density at radius 1 is 1.56 bits per heavy atom. The smallest absolute Gasteiger partial charge is 0.312 e. The molecule has 0 saturated carbocycles. The summed E-state index contributed by atoms with van der Waals surface area (Å²) in [6.07, 6.45) is 1.38. The van der Waals surface area contributed by atoms with E-state index in [4.69, 9.17) is 5.84 Å². The van der Waals surface area contributed by atoms with Gasteiger partial charge in [-0.3, -0.25) is 14.8 Å². The second-order valence-corrected chi connectivity index (χ2v) is 4.48. The van der Waals surface area contributed by atoms with Gasteiger partial charge < -0.3 is 5.84 Å². The monoisotopic (exact) mass is 269 g/mol. The van der Waals surface area contributed by atoms with Crippen LogP contribution in [0.5, 0.6) is 0 Å². The highest BCUT2D eigenvalue weighted by Gasteiger charge is 2.21. The number of hydrogen-bond acceptors (Lipinski definition) is 7. The Morgan fingerprint density at radius 3 is 2.78 bits per heavy atom. The van der Waals surface area contributed by atoms with Crippen molar-refractivity contribution in [3.8, 4) is 0 Å². The van der Waals surface area contributed by atoms with Crippen molar-refractivity contribution < 1.29 is 4.92 Å². The first kappa shape index (κ1) is 12.4. The quantitative estimate of drug-likeness (QED) is 0.371. The third kappa shape index (κ3) is 2.14. The molecular weight excluding hydrogens is 258 g/mol. The van der Waals surface area contributed by atoms with Crippen molar-refractivity contribution in [2.24, 2.45) is 0 Å². The lowest BCUT2D eigenvalue weighted by atomic mass is 10.3. The lowest BCUT2D eigenvalue weighted by Crippen LogP contribution is -2.09. The third-order valence-electron chi connectivity index (χ3n) is 2.38. The number of nitrogen functional groups attached to an aromatic ring is 1. The molecule has 0 radical (unpaired) electrons. The Labute approximate surface area is 106 Å². The summed E-state index contributed by atoms with van der Waals surface area (Å²) in [4.78, 5) is 10.4. The minimum Gasteiger partial charge on any atom is -0.336 e. The fourth-order valence-electron chi connectivity index (χ4n) is 1.53. The largest absolute Gasteiger partial charge is 0.336 e. The number of hydrogen-bond donors (Lipinski definition) is 1. The minimum absolute atomic E-state index is 0.0461. The molecule has 0 aromatic carbocycles. The van der Waals surface area contributed by atoms with E-state index in [2.05, 4.69) is 15.3 Å². The van der Waals surface area contributed by atoms with E-state index < -0.39 is 4.92 Å². The summed E-state index contributed by atoms with van der Waals surface area (Å²) >= 11 is 1.30. The lowest BCUT2D eigenvalue weighted by molar-refractivity contribution is -0.386. The van der Waals surface area contributed by atoms with E-state index in [0.29, 0.717) is 22.4 Å². The summed E-state index contributed by atoms with van der Waals surface area (Å²) in [6, 6.07) is 0. The first-order chi connectivity index (χ1) is 8.50. The molecule has 0 bridgehead atoms. The molecule has 2 heterocycles. The molecule has 2 rings (SSSR count). The van der Waals surface area contributed by atoms with Gasteiger partial charge in [-0.25, -0.2) is 4.68 Å². The molecule has 2 N–H and O–H groups in total. The molecule has 0 atom stereocenters. The topological polar surface area (TPSA) is 118 Å². The lowest BCUT2D eigenvalue weighted by Gasteiger charge is -2.02. The van der Waals surface area contributed by atoms with Gasteiger partial charge in [0.05, 0.1) is 10.8 Å². The number of nitro groups is 1. The zero-order valence-corrected chi connectivity index (χ0v) is 10.6. The molecule has 0 aliphatic rings. The summed E-state index contributed by atoms with van der Waals surface area (Å²) < 4.78 is 2.83. The number of aryl methyl sites for hydroxylation is 1. The van der Waals surface area contributed by atoms with E-state index in [1.54, 1.807) is 18.5 Å². The molecule has 0 fully saturated rings. The first-order valence-electron chi connectivity index (χ1n) is 4.97.